The minimum atomic E-state index is -3.27. The van der Waals surface area contributed by atoms with E-state index in [-0.39, 0.29) is 12.4 Å². The summed E-state index contributed by atoms with van der Waals surface area (Å²) in [5.41, 5.74) is -0.501. The van der Waals surface area contributed by atoms with Crippen molar-refractivity contribution < 1.29 is 23.7 Å². The largest absolute Gasteiger partial charge is 0.477 e. The molecular formula is C15H20BrN3O5S. The fourth-order valence-electron chi connectivity index (χ4n) is 3.38. The van der Waals surface area contributed by atoms with Gasteiger partial charge in [0.2, 0.25) is 5.88 Å². The van der Waals surface area contributed by atoms with Gasteiger partial charge in [0.15, 0.2) is 0 Å². The Hall–Kier alpha value is -1.36. The van der Waals surface area contributed by atoms with Gasteiger partial charge in [-0.3, -0.25) is 19.4 Å². The molecule has 1 amide bonds. The second-order valence-corrected chi connectivity index (χ2v) is 10.5. The lowest BCUT2D eigenvalue weighted by Gasteiger charge is -2.58. The second-order valence-electron chi connectivity index (χ2n) is 6.77. The summed E-state index contributed by atoms with van der Waals surface area (Å²) >= 11 is 3.37. The monoisotopic (exact) mass is 433 g/mol. The van der Waals surface area contributed by atoms with Crippen LogP contribution in [-0.2, 0) is 5.54 Å². The van der Waals surface area contributed by atoms with Crippen LogP contribution in [0.1, 0.15) is 32.8 Å². The number of nitrogens with zero attached hydrogens (tertiary/aromatic N) is 2. The van der Waals surface area contributed by atoms with Crippen molar-refractivity contribution in [1.29, 1.82) is 0 Å². The second kappa shape index (κ2) is 5.83. The third-order valence-corrected chi connectivity index (χ3v) is 8.51. The summed E-state index contributed by atoms with van der Waals surface area (Å²) in [5.74, 6) is 0.383. The molecule has 138 valence electrons. The number of amidine groups is 1. The highest BCUT2D eigenvalue weighted by atomic mass is 79.9. The van der Waals surface area contributed by atoms with Gasteiger partial charge in [-0.1, -0.05) is 0 Å². The fraction of sp³-hybridized carbons (Fsp3) is 0.533. The van der Waals surface area contributed by atoms with Gasteiger partial charge in [0.05, 0.1) is 11.9 Å². The Morgan fingerprint density at radius 3 is 2.76 bits per heavy atom. The first-order valence-corrected chi connectivity index (χ1v) is 10.1. The molecule has 4 N–H and O–H groups in total. The summed E-state index contributed by atoms with van der Waals surface area (Å²) in [6, 6.07) is 1.77. The van der Waals surface area contributed by atoms with Crippen LogP contribution in [0.3, 0.4) is 0 Å². The molecule has 10 heteroatoms. The fourth-order valence-corrected chi connectivity index (χ4v) is 6.05. The zero-order valence-electron chi connectivity index (χ0n) is 14.0. The predicted molar refractivity (Wildman–Crippen MR) is 98.7 cm³/mol. The van der Waals surface area contributed by atoms with Crippen molar-refractivity contribution in [3.8, 4) is 5.88 Å². The molecule has 3 heterocycles. The first-order chi connectivity index (χ1) is 11.5. The summed E-state index contributed by atoms with van der Waals surface area (Å²) in [6.07, 6.45) is 0.648. The number of hydrogen-bond donors (Lipinski definition) is 4. The van der Waals surface area contributed by atoms with Gasteiger partial charge < -0.3 is 9.84 Å². The molecule has 0 spiro atoms. The third kappa shape index (κ3) is 2.71. The van der Waals surface area contributed by atoms with Gasteiger partial charge in [-0.05, 0) is 42.8 Å². The lowest BCUT2D eigenvalue weighted by Crippen LogP contribution is -2.58. The molecule has 2 aliphatic rings. The van der Waals surface area contributed by atoms with Crippen LogP contribution in [0, 0.1) is 0 Å². The maximum absolute atomic E-state index is 11.2. The number of amides is 1. The van der Waals surface area contributed by atoms with Crippen LogP contribution in [0.2, 0.25) is 0 Å². The van der Waals surface area contributed by atoms with E-state index in [0.717, 1.165) is 0 Å². The molecule has 2 aliphatic heterocycles. The van der Waals surface area contributed by atoms with Crippen molar-refractivity contribution in [1.82, 2.24) is 10.3 Å². The number of nitrogens with one attached hydrogen (secondary N) is 1. The highest BCUT2D eigenvalue weighted by Gasteiger charge is 2.58. The lowest BCUT2D eigenvalue weighted by atomic mass is 9.87. The van der Waals surface area contributed by atoms with Crippen LogP contribution >= 0.6 is 26.5 Å². The van der Waals surface area contributed by atoms with Crippen molar-refractivity contribution in [2.45, 2.75) is 42.7 Å². The summed E-state index contributed by atoms with van der Waals surface area (Å²) in [7, 11) is -3.27. The van der Waals surface area contributed by atoms with Crippen molar-refractivity contribution in [2.75, 3.05) is 6.61 Å². The summed E-state index contributed by atoms with van der Waals surface area (Å²) in [5, 5.41) is 10.8. The molecule has 1 aromatic heterocycles. The van der Waals surface area contributed by atoms with Crippen molar-refractivity contribution in [2.24, 2.45) is 4.99 Å². The van der Waals surface area contributed by atoms with Crippen LogP contribution in [0.5, 0.6) is 5.88 Å². The number of rotatable bonds is 0. The Kier molecular flexibility index (Phi) is 4.30. The van der Waals surface area contributed by atoms with E-state index >= 15 is 0 Å². The molecule has 0 bridgehead atoms. The third-order valence-electron chi connectivity index (χ3n) is 4.90. The van der Waals surface area contributed by atoms with Gasteiger partial charge in [0, 0.05) is 22.7 Å². The normalized spacial score (nSPS) is 30.6. The number of fused-ring (bicyclic) bond motifs is 3. The molecule has 0 saturated carbocycles. The Bertz CT molecular complexity index is 770. The SMILES string of the molecule is CC1(C)C(NC(=O)O)=N[C@]2(C)c3cc(Br)cnc3OCC[C@@H]2S1(O)O. The first kappa shape index (κ1) is 18.4. The Labute approximate surface area is 155 Å². The standard InChI is InChI=1S/C15H20BrN3O5S/c1-14(2)12(18-13(20)21)19-15(3)9-6-8(16)7-17-11(9)24-5-4-10(15)25(14,22)23/h6-7,10,22-23H,4-5H2,1-3H3,(H,18,19)(H,20,21)/t10-,15+/m0/s1. The van der Waals surface area contributed by atoms with Crippen LogP contribution in [0.15, 0.2) is 21.7 Å². The number of halogens is 1. The highest BCUT2D eigenvalue weighted by molar-refractivity contribution is 9.10. The molecular weight excluding hydrogens is 414 g/mol. The number of pyridine rings is 1. The van der Waals surface area contributed by atoms with Crippen LogP contribution in [0.4, 0.5) is 4.79 Å². The Morgan fingerprint density at radius 2 is 2.12 bits per heavy atom. The average molecular weight is 434 g/mol. The number of aliphatic imine (C=N–C) groups is 1. The smallest absolute Gasteiger partial charge is 0.410 e. The van der Waals surface area contributed by atoms with Crippen LogP contribution < -0.4 is 10.1 Å². The summed E-state index contributed by atoms with van der Waals surface area (Å²) in [4.78, 5) is 20.1. The average Bonchev–Trinajstić information content (AvgIpc) is 2.63. The molecule has 0 saturated heterocycles. The molecule has 0 aliphatic carbocycles. The van der Waals surface area contributed by atoms with E-state index in [1.165, 1.54) is 0 Å². The van der Waals surface area contributed by atoms with Crippen molar-refractivity contribution in [3.05, 3.63) is 22.3 Å². The number of ether oxygens (including phenoxy) is 1. The van der Waals surface area contributed by atoms with Gasteiger partial charge in [0.1, 0.15) is 16.1 Å². The van der Waals surface area contributed by atoms with Crippen molar-refractivity contribution in [3.63, 3.8) is 0 Å². The molecule has 8 nitrogen and oxygen atoms in total. The Balaban J connectivity index is 2.29. The van der Waals surface area contributed by atoms with Crippen molar-refractivity contribution >= 4 is 38.4 Å². The van der Waals surface area contributed by atoms with E-state index in [1.54, 1.807) is 33.0 Å². The molecule has 0 aromatic carbocycles. The van der Waals surface area contributed by atoms with Crippen LogP contribution in [0.25, 0.3) is 0 Å². The first-order valence-electron chi connectivity index (χ1n) is 7.66. The Morgan fingerprint density at radius 1 is 1.44 bits per heavy atom. The molecule has 0 radical (unpaired) electrons. The van der Waals surface area contributed by atoms with Gasteiger partial charge >= 0.3 is 6.09 Å². The molecule has 2 atom stereocenters. The van der Waals surface area contributed by atoms with Gasteiger partial charge in [-0.25, -0.2) is 9.78 Å². The molecule has 0 fully saturated rings. The van der Waals surface area contributed by atoms with E-state index in [9.17, 15) is 13.9 Å². The quantitative estimate of drug-likeness (QED) is 0.496. The molecule has 0 unspecified atom stereocenters. The van der Waals surface area contributed by atoms with Gasteiger partial charge in [0.25, 0.3) is 0 Å². The minimum Gasteiger partial charge on any atom is -0.477 e. The predicted octanol–water partition coefficient (Wildman–Crippen LogP) is 3.42. The number of carboxylic acid groups (broad SMARTS) is 1. The lowest BCUT2D eigenvalue weighted by molar-refractivity contribution is 0.199. The van der Waals surface area contributed by atoms with E-state index < -0.39 is 32.2 Å². The maximum Gasteiger partial charge on any atom is 0.410 e. The van der Waals surface area contributed by atoms with E-state index in [1.807, 2.05) is 0 Å². The molecule has 25 heavy (non-hydrogen) atoms. The van der Waals surface area contributed by atoms with Crippen LogP contribution in [-0.4, -0.2) is 47.7 Å². The zero-order chi connectivity index (χ0) is 18.6. The van der Waals surface area contributed by atoms with Gasteiger partial charge in [-0.2, -0.15) is 10.6 Å². The highest BCUT2D eigenvalue weighted by Crippen LogP contribution is 2.66. The van der Waals surface area contributed by atoms with E-state index in [4.69, 9.17) is 9.84 Å². The van der Waals surface area contributed by atoms with E-state index in [2.05, 4.69) is 31.2 Å². The molecule has 1 aromatic rings. The maximum atomic E-state index is 11.2. The zero-order valence-corrected chi connectivity index (χ0v) is 16.4. The minimum absolute atomic E-state index is 0.0200. The number of hydrogen-bond acceptors (Lipinski definition) is 6. The summed E-state index contributed by atoms with van der Waals surface area (Å²) < 4.78 is 27.4. The topological polar surface area (TPSA) is 124 Å². The van der Waals surface area contributed by atoms with Gasteiger partial charge in [-0.15, -0.1) is 0 Å². The number of aromatic nitrogens is 1. The van der Waals surface area contributed by atoms with E-state index in [0.29, 0.717) is 22.3 Å². The molecule has 3 rings (SSSR count). The number of carbonyl (C=O) groups is 1. The summed E-state index contributed by atoms with van der Waals surface area (Å²) in [6.45, 7) is 5.20.